The summed E-state index contributed by atoms with van der Waals surface area (Å²) in [5, 5.41) is 10.5. The first-order chi connectivity index (χ1) is 12.3. The van der Waals surface area contributed by atoms with Crippen LogP contribution in [0.2, 0.25) is 0 Å². The second-order valence-corrected chi connectivity index (χ2v) is 6.32. The van der Waals surface area contributed by atoms with Crippen molar-refractivity contribution in [1.82, 2.24) is 24.5 Å². The summed E-state index contributed by atoms with van der Waals surface area (Å²) in [6, 6.07) is 8.02. The van der Waals surface area contributed by atoms with Crippen molar-refractivity contribution in [3.8, 4) is 0 Å². The van der Waals surface area contributed by atoms with Crippen LogP contribution in [0.3, 0.4) is 0 Å². The molecule has 1 fully saturated rings. The first-order valence-electron chi connectivity index (χ1n) is 8.56. The predicted molar refractivity (Wildman–Crippen MR) is 94.6 cm³/mol. The third kappa shape index (κ3) is 3.66. The van der Waals surface area contributed by atoms with Gasteiger partial charge in [-0.1, -0.05) is 12.1 Å². The SMILES string of the molecule is O=C(Nc1ccc(CCN2CCCC2)cc1)c1cn2cnnc2cn1. The Labute approximate surface area is 145 Å². The Balaban J connectivity index is 1.37. The van der Waals surface area contributed by atoms with Gasteiger partial charge in [0.2, 0.25) is 0 Å². The number of amides is 1. The van der Waals surface area contributed by atoms with Gasteiger partial charge in [-0.3, -0.25) is 9.20 Å². The Kier molecular flexibility index (Phi) is 4.39. The van der Waals surface area contributed by atoms with E-state index in [1.165, 1.54) is 37.7 Å². The van der Waals surface area contributed by atoms with Gasteiger partial charge in [0.05, 0.1) is 6.20 Å². The number of benzene rings is 1. The Morgan fingerprint density at radius 3 is 2.76 bits per heavy atom. The highest BCUT2D eigenvalue weighted by molar-refractivity contribution is 6.02. The molecule has 0 bridgehead atoms. The molecule has 3 heterocycles. The number of carbonyl (C=O) groups excluding carboxylic acids is 1. The zero-order chi connectivity index (χ0) is 17.1. The van der Waals surface area contributed by atoms with Crippen LogP contribution in [0, 0.1) is 0 Å². The lowest BCUT2D eigenvalue weighted by atomic mass is 10.1. The summed E-state index contributed by atoms with van der Waals surface area (Å²) < 4.78 is 1.67. The number of likely N-dealkylation sites (tertiary alicyclic amines) is 1. The van der Waals surface area contributed by atoms with Crippen LogP contribution < -0.4 is 5.32 Å². The van der Waals surface area contributed by atoms with Crippen LogP contribution in [-0.4, -0.2) is 50.0 Å². The molecule has 0 unspecified atom stereocenters. The quantitative estimate of drug-likeness (QED) is 0.771. The molecule has 4 rings (SSSR count). The summed E-state index contributed by atoms with van der Waals surface area (Å²) in [6.07, 6.45) is 8.38. The molecule has 7 nitrogen and oxygen atoms in total. The van der Waals surface area contributed by atoms with E-state index in [-0.39, 0.29) is 5.91 Å². The predicted octanol–water partition coefficient (Wildman–Crippen LogP) is 2.01. The molecule has 1 saturated heterocycles. The van der Waals surface area contributed by atoms with Crippen molar-refractivity contribution in [3.63, 3.8) is 0 Å². The van der Waals surface area contributed by atoms with Crippen molar-refractivity contribution in [2.24, 2.45) is 0 Å². The number of carbonyl (C=O) groups is 1. The van der Waals surface area contributed by atoms with Crippen molar-refractivity contribution in [2.45, 2.75) is 19.3 Å². The van der Waals surface area contributed by atoms with Crippen LogP contribution in [0.1, 0.15) is 28.9 Å². The molecule has 128 valence electrons. The zero-order valence-electron chi connectivity index (χ0n) is 13.9. The van der Waals surface area contributed by atoms with E-state index in [0.717, 1.165) is 18.7 Å². The number of fused-ring (bicyclic) bond motifs is 1. The molecule has 1 aliphatic heterocycles. The van der Waals surface area contributed by atoms with Gasteiger partial charge >= 0.3 is 0 Å². The molecule has 0 spiro atoms. The molecule has 1 aliphatic rings. The highest BCUT2D eigenvalue weighted by Crippen LogP contribution is 2.13. The number of nitrogens with one attached hydrogen (secondary N) is 1. The number of rotatable bonds is 5. The smallest absolute Gasteiger partial charge is 0.275 e. The summed E-state index contributed by atoms with van der Waals surface area (Å²) in [5.74, 6) is -0.250. The van der Waals surface area contributed by atoms with E-state index < -0.39 is 0 Å². The van der Waals surface area contributed by atoms with E-state index in [0.29, 0.717) is 11.3 Å². The van der Waals surface area contributed by atoms with Gasteiger partial charge in [-0.05, 0) is 50.0 Å². The molecule has 1 N–H and O–H groups in total. The monoisotopic (exact) mass is 336 g/mol. The number of nitrogens with zero attached hydrogens (tertiary/aromatic N) is 5. The van der Waals surface area contributed by atoms with E-state index in [2.05, 4.69) is 37.5 Å². The third-order valence-electron chi connectivity index (χ3n) is 4.54. The van der Waals surface area contributed by atoms with Crippen molar-refractivity contribution in [1.29, 1.82) is 0 Å². The van der Waals surface area contributed by atoms with Crippen LogP contribution in [-0.2, 0) is 6.42 Å². The largest absolute Gasteiger partial charge is 0.321 e. The highest BCUT2D eigenvalue weighted by atomic mass is 16.1. The first-order valence-corrected chi connectivity index (χ1v) is 8.56. The average Bonchev–Trinajstić information content (AvgIpc) is 3.32. The van der Waals surface area contributed by atoms with Gasteiger partial charge in [-0.15, -0.1) is 10.2 Å². The number of anilines is 1. The standard InChI is InChI=1S/C18H20N6O/c25-18(16-12-24-13-20-22-17(24)11-19-16)21-15-5-3-14(4-6-15)7-10-23-8-1-2-9-23/h3-6,11-13H,1-2,7-10H2,(H,21,25). The van der Waals surface area contributed by atoms with Gasteiger partial charge < -0.3 is 10.2 Å². The molecular weight excluding hydrogens is 316 g/mol. The van der Waals surface area contributed by atoms with E-state index in [1.807, 2.05) is 12.1 Å². The number of hydrogen-bond acceptors (Lipinski definition) is 5. The minimum atomic E-state index is -0.250. The maximum Gasteiger partial charge on any atom is 0.275 e. The fourth-order valence-corrected chi connectivity index (χ4v) is 3.10. The summed E-state index contributed by atoms with van der Waals surface area (Å²) in [5.41, 5.74) is 2.99. The van der Waals surface area contributed by atoms with Gasteiger partial charge in [-0.25, -0.2) is 4.98 Å². The molecule has 7 heteroatoms. The van der Waals surface area contributed by atoms with Crippen LogP contribution in [0.25, 0.3) is 5.65 Å². The summed E-state index contributed by atoms with van der Waals surface area (Å²) in [7, 11) is 0. The minimum absolute atomic E-state index is 0.250. The number of aromatic nitrogens is 4. The van der Waals surface area contributed by atoms with E-state index >= 15 is 0 Å². The Hall–Kier alpha value is -2.80. The molecule has 2 aromatic heterocycles. The first kappa shape index (κ1) is 15.7. The topological polar surface area (TPSA) is 75.4 Å². The summed E-state index contributed by atoms with van der Waals surface area (Å²) in [6.45, 7) is 3.55. The minimum Gasteiger partial charge on any atom is -0.321 e. The van der Waals surface area contributed by atoms with Crippen molar-refractivity contribution in [3.05, 3.63) is 54.2 Å². The van der Waals surface area contributed by atoms with Gasteiger partial charge in [0.1, 0.15) is 12.0 Å². The molecule has 0 aliphatic carbocycles. The highest BCUT2D eigenvalue weighted by Gasteiger charge is 2.11. The fraction of sp³-hybridized carbons (Fsp3) is 0.333. The van der Waals surface area contributed by atoms with Crippen LogP contribution in [0.15, 0.2) is 43.0 Å². The van der Waals surface area contributed by atoms with E-state index in [1.54, 1.807) is 16.9 Å². The van der Waals surface area contributed by atoms with Crippen LogP contribution in [0.5, 0.6) is 0 Å². The molecule has 1 amide bonds. The second kappa shape index (κ2) is 6.98. The van der Waals surface area contributed by atoms with Gasteiger partial charge in [0.25, 0.3) is 5.91 Å². The molecule has 1 aromatic carbocycles. The normalized spacial score (nSPS) is 14.9. The maximum absolute atomic E-state index is 12.3. The molecule has 25 heavy (non-hydrogen) atoms. The Morgan fingerprint density at radius 1 is 1.16 bits per heavy atom. The molecule has 0 atom stereocenters. The lowest BCUT2D eigenvalue weighted by Gasteiger charge is -2.14. The molecule has 3 aromatic rings. The molecule has 0 radical (unpaired) electrons. The zero-order valence-corrected chi connectivity index (χ0v) is 13.9. The Morgan fingerprint density at radius 2 is 1.96 bits per heavy atom. The van der Waals surface area contributed by atoms with Crippen LogP contribution in [0.4, 0.5) is 5.69 Å². The average molecular weight is 336 g/mol. The Bertz CT molecular complexity index is 867. The van der Waals surface area contributed by atoms with Crippen LogP contribution >= 0.6 is 0 Å². The molecular formula is C18H20N6O. The lowest BCUT2D eigenvalue weighted by molar-refractivity contribution is 0.102. The second-order valence-electron chi connectivity index (χ2n) is 6.32. The number of hydrogen-bond donors (Lipinski definition) is 1. The van der Waals surface area contributed by atoms with E-state index in [9.17, 15) is 4.79 Å². The van der Waals surface area contributed by atoms with Crippen molar-refractivity contribution in [2.75, 3.05) is 25.0 Å². The fourth-order valence-electron chi connectivity index (χ4n) is 3.10. The van der Waals surface area contributed by atoms with Gasteiger partial charge in [-0.2, -0.15) is 0 Å². The van der Waals surface area contributed by atoms with Gasteiger partial charge in [0.15, 0.2) is 5.65 Å². The molecule has 0 saturated carbocycles. The summed E-state index contributed by atoms with van der Waals surface area (Å²) >= 11 is 0. The maximum atomic E-state index is 12.3. The van der Waals surface area contributed by atoms with E-state index in [4.69, 9.17) is 0 Å². The lowest BCUT2D eigenvalue weighted by Crippen LogP contribution is -2.21. The van der Waals surface area contributed by atoms with Crippen molar-refractivity contribution >= 4 is 17.2 Å². The third-order valence-corrected chi connectivity index (χ3v) is 4.54. The van der Waals surface area contributed by atoms with Gasteiger partial charge in [0, 0.05) is 18.4 Å². The van der Waals surface area contributed by atoms with Crippen molar-refractivity contribution < 1.29 is 4.79 Å². The summed E-state index contributed by atoms with van der Waals surface area (Å²) in [4.78, 5) is 19.0.